The number of aryl methyl sites for hydroxylation is 1. The maximum atomic E-state index is 6.14. The Morgan fingerprint density at radius 3 is 2.29 bits per heavy atom. The molecule has 1 atom stereocenters. The van der Waals surface area contributed by atoms with E-state index in [1.807, 2.05) is 18.5 Å². The summed E-state index contributed by atoms with van der Waals surface area (Å²) in [5.74, 6) is 2.49. The van der Waals surface area contributed by atoms with Gasteiger partial charge in [0.1, 0.15) is 17.8 Å². The quantitative estimate of drug-likeness (QED) is 0.460. The molecule has 1 unspecified atom stereocenters. The van der Waals surface area contributed by atoms with Gasteiger partial charge in [0, 0.05) is 17.5 Å². The molecule has 0 saturated heterocycles. The summed E-state index contributed by atoms with van der Waals surface area (Å²) in [5, 5.41) is 0. The molecule has 0 spiro atoms. The zero-order valence-electron chi connectivity index (χ0n) is 21.1. The van der Waals surface area contributed by atoms with Crippen LogP contribution in [0.2, 0.25) is 0 Å². The molecule has 5 heteroatoms. The second-order valence-corrected chi connectivity index (χ2v) is 11.6. The first-order valence-electron chi connectivity index (χ1n) is 12.5. The third kappa shape index (κ3) is 3.79. The van der Waals surface area contributed by atoms with Crippen molar-refractivity contribution in [3.05, 3.63) is 71.1 Å². The van der Waals surface area contributed by atoms with Gasteiger partial charge in [-0.25, -0.2) is 9.97 Å². The van der Waals surface area contributed by atoms with E-state index in [4.69, 9.17) is 19.9 Å². The van der Waals surface area contributed by atoms with Crippen LogP contribution in [0.15, 0.2) is 47.2 Å². The molecule has 3 aliphatic rings. The predicted octanol–water partition coefficient (Wildman–Crippen LogP) is 6.69. The van der Waals surface area contributed by atoms with Gasteiger partial charge in [-0.2, -0.15) is 0 Å². The third-order valence-electron chi connectivity index (χ3n) is 8.52. The van der Waals surface area contributed by atoms with Crippen molar-refractivity contribution in [2.75, 3.05) is 12.8 Å². The fraction of sp³-hybridized carbons (Fsp3) is 0.517. The highest BCUT2D eigenvalue weighted by atomic mass is 16.5. The number of anilines is 1. The lowest BCUT2D eigenvalue weighted by molar-refractivity contribution is 0.0250. The number of oxazole rings is 1. The minimum Gasteiger partial charge on any atom is -0.496 e. The maximum Gasteiger partial charge on any atom is 0.199 e. The van der Waals surface area contributed by atoms with Crippen LogP contribution in [0.1, 0.15) is 93.5 Å². The summed E-state index contributed by atoms with van der Waals surface area (Å²) in [6.45, 7) is 8.59. The van der Waals surface area contributed by atoms with Crippen molar-refractivity contribution in [3.8, 4) is 5.75 Å². The Balaban J connectivity index is 1.50. The van der Waals surface area contributed by atoms with E-state index in [0.717, 1.165) is 17.3 Å². The molecular formula is C29H37N3O2. The maximum absolute atomic E-state index is 6.14. The Morgan fingerprint density at radius 1 is 1.03 bits per heavy atom. The Hall–Kier alpha value is -2.82. The zero-order chi connectivity index (χ0) is 24.1. The molecule has 3 aliphatic carbocycles. The number of ether oxygens (including phenoxy) is 1. The SMILES string of the molecule is COc1ccc(C23CCC(C(c4ccnc(N)c4)c4coc(C(C)(C)C)n4)(CC2)CC3)cc1C. The third-order valence-corrected chi connectivity index (χ3v) is 8.52. The number of nitrogens with two attached hydrogens (primary N) is 1. The fourth-order valence-corrected chi connectivity index (χ4v) is 6.54. The van der Waals surface area contributed by atoms with E-state index in [9.17, 15) is 0 Å². The standard InChI is InChI=1S/C29H37N3O2/c1-19-16-21(6-7-23(19)33-5)28-9-12-29(13-10-28,14-11-28)25(20-8-15-31-24(30)17-20)22-18-34-26(32-22)27(2,3)4/h6-8,15-18,25H,9-14H2,1-5H3,(H2,30,31). The van der Waals surface area contributed by atoms with E-state index in [1.54, 1.807) is 7.11 Å². The summed E-state index contributed by atoms with van der Waals surface area (Å²) in [5.41, 5.74) is 11.4. The van der Waals surface area contributed by atoms with Gasteiger partial charge in [-0.15, -0.1) is 0 Å². The van der Waals surface area contributed by atoms with Gasteiger partial charge in [0.2, 0.25) is 0 Å². The molecule has 3 fully saturated rings. The number of rotatable bonds is 5. The minimum absolute atomic E-state index is 0.127. The second kappa shape index (κ2) is 8.14. The van der Waals surface area contributed by atoms with Crippen LogP contribution >= 0.6 is 0 Å². The van der Waals surface area contributed by atoms with Crippen molar-refractivity contribution in [3.63, 3.8) is 0 Å². The molecule has 2 bridgehead atoms. The Kier molecular flexibility index (Phi) is 5.50. The minimum atomic E-state index is -0.127. The molecule has 5 nitrogen and oxygen atoms in total. The highest BCUT2D eigenvalue weighted by Gasteiger charge is 2.54. The van der Waals surface area contributed by atoms with Crippen LogP contribution in [0.25, 0.3) is 0 Å². The van der Waals surface area contributed by atoms with Crippen LogP contribution < -0.4 is 10.5 Å². The van der Waals surface area contributed by atoms with Crippen molar-refractivity contribution in [1.82, 2.24) is 9.97 Å². The second-order valence-electron chi connectivity index (χ2n) is 11.6. The molecule has 0 aliphatic heterocycles. The number of methoxy groups -OCH3 is 1. The number of nitrogen functional groups attached to an aromatic ring is 1. The normalized spacial score (nSPS) is 25.3. The van der Waals surface area contributed by atoms with Gasteiger partial charge in [0.05, 0.1) is 12.8 Å². The Labute approximate surface area is 203 Å². The van der Waals surface area contributed by atoms with Gasteiger partial charge in [-0.05, 0) is 91.2 Å². The van der Waals surface area contributed by atoms with Gasteiger partial charge < -0.3 is 14.9 Å². The first-order valence-corrected chi connectivity index (χ1v) is 12.5. The highest BCUT2D eigenvalue weighted by Crippen LogP contribution is 2.63. The van der Waals surface area contributed by atoms with Gasteiger partial charge in [0.15, 0.2) is 5.89 Å². The van der Waals surface area contributed by atoms with Crippen LogP contribution in [-0.4, -0.2) is 17.1 Å². The molecule has 3 aromatic rings. The number of aromatic nitrogens is 2. The summed E-state index contributed by atoms with van der Waals surface area (Å²) in [6, 6.07) is 10.9. The summed E-state index contributed by atoms with van der Waals surface area (Å²) < 4.78 is 11.5. The van der Waals surface area contributed by atoms with Crippen molar-refractivity contribution < 1.29 is 9.15 Å². The average Bonchev–Trinajstić information content (AvgIpc) is 3.30. The fourth-order valence-electron chi connectivity index (χ4n) is 6.54. The van der Waals surface area contributed by atoms with Crippen molar-refractivity contribution in [1.29, 1.82) is 0 Å². The number of hydrogen-bond donors (Lipinski definition) is 1. The topological polar surface area (TPSA) is 74.2 Å². The van der Waals surface area contributed by atoms with E-state index >= 15 is 0 Å². The summed E-state index contributed by atoms with van der Waals surface area (Å²) in [6.07, 6.45) is 10.8. The van der Waals surface area contributed by atoms with Gasteiger partial charge >= 0.3 is 0 Å². The van der Waals surface area contributed by atoms with E-state index < -0.39 is 0 Å². The Morgan fingerprint density at radius 2 is 1.74 bits per heavy atom. The molecule has 3 saturated carbocycles. The van der Waals surface area contributed by atoms with Gasteiger partial charge in [-0.1, -0.05) is 32.9 Å². The largest absolute Gasteiger partial charge is 0.496 e. The van der Waals surface area contributed by atoms with Crippen LogP contribution in [0.3, 0.4) is 0 Å². The average molecular weight is 460 g/mol. The monoisotopic (exact) mass is 459 g/mol. The number of nitrogens with zero attached hydrogens (tertiary/aromatic N) is 2. The lowest BCUT2D eigenvalue weighted by atomic mass is 9.47. The van der Waals surface area contributed by atoms with Crippen LogP contribution in [0.5, 0.6) is 5.75 Å². The first-order chi connectivity index (χ1) is 16.2. The first kappa shape index (κ1) is 22.9. The van der Waals surface area contributed by atoms with Gasteiger partial charge in [-0.3, -0.25) is 0 Å². The van der Waals surface area contributed by atoms with Crippen molar-refractivity contribution >= 4 is 5.82 Å². The summed E-state index contributed by atoms with van der Waals surface area (Å²) >= 11 is 0. The summed E-state index contributed by atoms with van der Waals surface area (Å²) in [4.78, 5) is 9.30. The van der Waals surface area contributed by atoms with E-state index in [2.05, 4.69) is 56.9 Å². The lowest BCUT2D eigenvalue weighted by Crippen LogP contribution is -2.47. The number of benzene rings is 1. The van der Waals surface area contributed by atoms with Crippen LogP contribution in [0, 0.1) is 12.3 Å². The number of hydrogen-bond acceptors (Lipinski definition) is 5. The van der Waals surface area contributed by atoms with Crippen LogP contribution in [0.4, 0.5) is 5.82 Å². The predicted molar refractivity (Wildman–Crippen MR) is 135 cm³/mol. The number of fused-ring (bicyclic) bond motifs is 3. The van der Waals surface area contributed by atoms with Crippen molar-refractivity contribution in [2.45, 2.75) is 83.0 Å². The summed E-state index contributed by atoms with van der Waals surface area (Å²) in [7, 11) is 1.75. The molecule has 34 heavy (non-hydrogen) atoms. The molecule has 180 valence electrons. The molecule has 2 N–H and O–H groups in total. The van der Waals surface area contributed by atoms with Crippen LogP contribution in [-0.2, 0) is 10.8 Å². The number of pyridine rings is 1. The molecule has 1 aromatic carbocycles. The van der Waals surface area contributed by atoms with Gasteiger partial charge in [0.25, 0.3) is 0 Å². The smallest absolute Gasteiger partial charge is 0.199 e. The van der Waals surface area contributed by atoms with Crippen molar-refractivity contribution in [2.24, 2.45) is 5.41 Å². The molecule has 0 amide bonds. The molecule has 2 heterocycles. The van der Waals surface area contributed by atoms with E-state index in [0.29, 0.717) is 5.82 Å². The molecule has 0 radical (unpaired) electrons. The lowest BCUT2D eigenvalue weighted by Gasteiger charge is -2.56. The zero-order valence-corrected chi connectivity index (χ0v) is 21.1. The molecule has 6 rings (SSSR count). The highest BCUT2D eigenvalue weighted by molar-refractivity contribution is 5.43. The molecule has 2 aromatic heterocycles. The van der Waals surface area contributed by atoms with E-state index in [1.165, 1.54) is 55.2 Å². The molecular weight excluding hydrogens is 422 g/mol. The van der Waals surface area contributed by atoms with E-state index in [-0.39, 0.29) is 22.2 Å². The Bertz CT molecular complexity index is 1170.